The molecular formula is C29H29N5. The average Bonchev–Trinajstić information content (AvgIpc) is 3.28. The Bertz CT molecular complexity index is 1390. The van der Waals surface area contributed by atoms with Gasteiger partial charge in [-0.15, -0.1) is 0 Å². The fraction of sp³-hybridized carbons (Fsp3) is 0.207. The fourth-order valence-electron chi connectivity index (χ4n) is 4.41. The minimum Gasteiger partial charge on any atom is -0.321 e. The monoisotopic (exact) mass is 447 g/mol. The summed E-state index contributed by atoms with van der Waals surface area (Å²) in [5, 5.41) is 0. The third kappa shape index (κ3) is 3.88. The lowest BCUT2D eigenvalue weighted by atomic mass is 9.73. The normalized spacial score (nSPS) is 14.2. The molecule has 1 fully saturated rings. The molecule has 170 valence electrons. The van der Waals surface area contributed by atoms with Crippen LogP contribution in [0.1, 0.15) is 38.7 Å². The fourth-order valence-corrected chi connectivity index (χ4v) is 4.41. The molecule has 0 atom stereocenters. The molecule has 0 unspecified atom stereocenters. The zero-order chi connectivity index (χ0) is 23.5. The van der Waals surface area contributed by atoms with Crippen LogP contribution in [0.4, 0.5) is 0 Å². The van der Waals surface area contributed by atoms with Crippen LogP contribution in [0.2, 0.25) is 0 Å². The summed E-state index contributed by atoms with van der Waals surface area (Å²) < 4.78 is 2.12. The van der Waals surface area contributed by atoms with Crippen LogP contribution in [0.15, 0.2) is 91.1 Å². The molecule has 1 aliphatic carbocycles. The molecule has 0 bridgehead atoms. The second kappa shape index (κ2) is 9.20. The number of fused-ring (bicyclic) bond motifs is 1. The first-order chi connectivity index (χ1) is 16.7. The Morgan fingerprint density at radius 2 is 1.38 bits per heavy atom. The van der Waals surface area contributed by atoms with Gasteiger partial charge in [0.2, 0.25) is 0 Å². The van der Waals surface area contributed by atoms with E-state index in [1.807, 2.05) is 68.6 Å². The van der Waals surface area contributed by atoms with Gasteiger partial charge in [-0.2, -0.15) is 0 Å². The van der Waals surface area contributed by atoms with E-state index in [2.05, 4.69) is 45.9 Å². The molecule has 1 saturated carbocycles. The molecule has 3 aromatic carbocycles. The summed E-state index contributed by atoms with van der Waals surface area (Å²) in [5.74, 6) is 1.53. The zero-order valence-electron chi connectivity index (χ0n) is 19.6. The highest BCUT2D eigenvalue weighted by molar-refractivity contribution is 5.81. The van der Waals surface area contributed by atoms with Crippen molar-refractivity contribution in [2.45, 2.75) is 38.6 Å². The molecule has 2 heterocycles. The topological polar surface area (TPSA) is 69.6 Å². The minimum atomic E-state index is -0.180. The van der Waals surface area contributed by atoms with Crippen molar-refractivity contribution in [3.05, 3.63) is 96.7 Å². The summed E-state index contributed by atoms with van der Waals surface area (Å²) in [6.07, 6.45) is 5.10. The summed E-state index contributed by atoms with van der Waals surface area (Å²) in [5.41, 5.74) is 12.1. The number of hydrogen-bond acceptors (Lipinski definition) is 4. The molecule has 0 saturated heterocycles. The van der Waals surface area contributed by atoms with Gasteiger partial charge < -0.3 is 5.73 Å². The van der Waals surface area contributed by atoms with Gasteiger partial charge in [0.05, 0.1) is 6.20 Å². The molecule has 0 amide bonds. The molecule has 1 aliphatic rings. The highest BCUT2D eigenvalue weighted by atomic mass is 15.2. The average molecular weight is 448 g/mol. The molecular weight excluding hydrogens is 418 g/mol. The lowest BCUT2D eigenvalue weighted by Crippen LogP contribution is -2.43. The Labute approximate surface area is 200 Å². The number of aromatic nitrogens is 4. The molecule has 0 spiro atoms. The second-order valence-electron chi connectivity index (χ2n) is 8.46. The summed E-state index contributed by atoms with van der Waals surface area (Å²) in [7, 11) is 0. The van der Waals surface area contributed by atoms with Gasteiger partial charge >= 0.3 is 0 Å². The molecule has 2 N–H and O–H groups in total. The van der Waals surface area contributed by atoms with Crippen LogP contribution in [0.25, 0.3) is 39.6 Å². The first kappa shape index (κ1) is 22.0. The maximum Gasteiger partial charge on any atom is 0.169 e. The molecule has 34 heavy (non-hydrogen) atoms. The van der Waals surface area contributed by atoms with Gasteiger partial charge in [-0.1, -0.05) is 86.6 Å². The van der Waals surface area contributed by atoms with Gasteiger partial charge in [0.25, 0.3) is 0 Å². The molecule has 5 heteroatoms. The zero-order valence-corrected chi connectivity index (χ0v) is 19.6. The van der Waals surface area contributed by atoms with Gasteiger partial charge in [0.15, 0.2) is 11.5 Å². The highest BCUT2D eigenvalue weighted by Gasteiger charge is 2.34. The Balaban J connectivity index is 0.00000117. The SMILES string of the molecule is CC.NC1(c2ccc(-n3c(-c4ccccc4)nc4cnc(-c5ccccc5)nc43)cc2)CCC1. The Morgan fingerprint density at radius 1 is 0.765 bits per heavy atom. The molecule has 6 rings (SSSR count). The smallest absolute Gasteiger partial charge is 0.169 e. The van der Waals surface area contributed by atoms with Crippen molar-refractivity contribution < 1.29 is 0 Å². The van der Waals surface area contributed by atoms with Crippen molar-refractivity contribution in [1.29, 1.82) is 0 Å². The van der Waals surface area contributed by atoms with Crippen LogP contribution in [0.3, 0.4) is 0 Å². The number of nitrogens with zero attached hydrogens (tertiary/aromatic N) is 4. The molecule has 5 nitrogen and oxygen atoms in total. The van der Waals surface area contributed by atoms with E-state index in [4.69, 9.17) is 15.7 Å². The van der Waals surface area contributed by atoms with E-state index in [9.17, 15) is 0 Å². The number of benzene rings is 3. The van der Waals surface area contributed by atoms with Gasteiger partial charge in [-0.3, -0.25) is 4.57 Å². The predicted molar refractivity (Wildman–Crippen MR) is 139 cm³/mol. The van der Waals surface area contributed by atoms with Gasteiger partial charge in [-0.05, 0) is 37.0 Å². The van der Waals surface area contributed by atoms with Crippen LogP contribution < -0.4 is 5.73 Å². The van der Waals surface area contributed by atoms with Crippen LogP contribution in [-0.4, -0.2) is 19.5 Å². The van der Waals surface area contributed by atoms with E-state index in [0.717, 1.165) is 46.6 Å². The van der Waals surface area contributed by atoms with E-state index in [1.54, 1.807) is 0 Å². The Kier molecular flexibility index (Phi) is 5.95. The van der Waals surface area contributed by atoms with Crippen LogP contribution >= 0.6 is 0 Å². The third-order valence-corrected chi connectivity index (χ3v) is 6.41. The van der Waals surface area contributed by atoms with Gasteiger partial charge in [-0.25, -0.2) is 15.0 Å². The summed E-state index contributed by atoms with van der Waals surface area (Å²) in [6.45, 7) is 4.00. The van der Waals surface area contributed by atoms with Crippen molar-refractivity contribution in [2.75, 3.05) is 0 Å². The molecule has 5 aromatic rings. The van der Waals surface area contributed by atoms with E-state index in [0.29, 0.717) is 5.82 Å². The summed E-state index contributed by atoms with van der Waals surface area (Å²) >= 11 is 0. The van der Waals surface area contributed by atoms with Crippen molar-refractivity contribution in [3.8, 4) is 28.5 Å². The maximum atomic E-state index is 6.55. The van der Waals surface area contributed by atoms with E-state index in [-0.39, 0.29) is 5.54 Å². The van der Waals surface area contributed by atoms with E-state index < -0.39 is 0 Å². The Hall–Kier alpha value is -3.83. The predicted octanol–water partition coefficient (Wildman–Crippen LogP) is 6.51. The van der Waals surface area contributed by atoms with E-state index >= 15 is 0 Å². The van der Waals surface area contributed by atoms with Gasteiger partial charge in [0, 0.05) is 22.4 Å². The van der Waals surface area contributed by atoms with Crippen LogP contribution in [0.5, 0.6) is 0 Å². The molecule has 0 aliphatic heterocycles. The van der Waals surface area contributed by atoms with Crippen molar-refractivity contribution in [1.82, 2.24) is 19.5 Å². The lowest BCUT2D eigenvalue weighted by Gasteiger charge is -2.38. The summed E-state index contributed by atoms with van der Waals surface area (Å²) in [6, 6.07) is 28.8. The maximum absolute atomic E-state index is 6.55. The van der Waals surface area contributed by atoms with Crippen molar-refractivity contribution >= 4 is 11.2 Å². The van der Waals surface area contributed by atoms with E-state index in [1.165, 1.54) is 12.0 Å². The highest BCUT2D eigenvalue weighted by Crippen LogP contribution is 2.39. The molecule has 2 aromatic heterocycles. The third-order valence-electron chi connectivity index (χ3n) is 6.41. The number of rotatable bonds is 4. The largest absolute Gasteiger partial charge is 0.321 e. The van der Waals surface area contributed by atoms with Crippen molar-refractivity contribution in [3.63, 3.8) is 0 Å². The standard InChI is InChI=1S/C27H23N5.C2H6/c28-27(16-7-17-27)21-12-14-22(15-13-21)32-25(20-10-5-2-6-11-20)30-23-18-29-24(31-26(23)32)19-8-3-1-4-9-19;1-2/h1-6,8-15,18H,7,16-17,28H2;1-2H3. The van der Waals surface area contributed by atoms with Gasteiger partial charge in [0.1, 0.15) is 11.3 Å². The minimum absolute atomic E-state index is 0.180. The number of hydrogen-bond donors (Lipinski definition) is 1. The first-order valence-corrected chi connectivity index (χ1v) is 12.0. The number of nitrogens with two attached hydrogens (primary N) is 1. The van der Waals surface area contributed by atoms with Crippen molar-refractivity contribution in [2.24, 2.45) is 5.73 Å². The van der Waals surface area contributed by atoms with Crippen LogP contribution in [0, 0.1) is 0 Å². The summed E-state index contributed by atoms with van der Waals surface area (Å²) in [4.78, 5) is 14.4. The lowest BCUT2D eigenvalue weighted by molar-refractivity contribution is 0.253. The molecule has 0 radical (unpaired) electrons. The van der Waals surface area contributed by atoms with Crippen LogP contribution in [-0.2, 0) is 5.54 Å². The Morgan fingerprint density at radius 3 is 1.97 bits per heavy atom. The second-order valence-corrected chi connectivity index (χ2v) is 8.46. The number of imidazole rings is 1. The first-order valence-electron chi connectivity index (χ1n) is 12.0. The quantitative estimate of drug-likeness (QED) is 0.341.